The number of anilines is 10. The number of fused-ring (bicyclic) bond motifs is 10. The molecule has 0 aromatic heterocycles. The molecule has 18 heteroatoms. The molecule has 0 aliphatic carbocycles. The molecule has 772 valence electrons. The van der Waals surface area contributed by atoms with E-state index in [9.17, 15) is 17.6 Å². The van der Waals surface area contributed by atoms with Crippen LogP contribution in [0.4, 0.5) is 74.4 Å². The SMILES string of the molecule is C.C=C1Nc2c(C)cccc2[C@H]1C(C)C.C=C1Nc2c(Cl)cccc2[C@H]1C(C)C.C=C1Nc2c(F)cccc2[C@@]1(C)C(C)C.C=C1Nc2cc(Cl)ccc2[C@H]1C(C)C.C=C1Nc2cc(F)ccc2[C@@]1(C)C(C)C.C=C1Nc2ccc(Cl)cc2[C@H]1C(C)C.C=C1Nc2ccc(F)cc2[C@@]1(C)C(C)C.C=C1Nc2cccc(Cl)c2[C@H]1C(C)C.C=C1Nc2cccc(F)c2[C@@]1(C)C(C)C.C=C1Nc2ccccc2[C@@]1(C)C(C)C. The van der Waals surface area contributed by atoms with Crippen LogP contribution in [0, 0.1) is 89.4 Å². The quantitative estimate of drug-likeness (QED) is 0.0607. The van der Waals surface area contributed by atoms with Crippen LogP contribution in [-0.4, -0.2) is 0 Å². The minimum atomic E-state index is -0.305. The summed E-state index contributed by atoms with van der Waals surface area (Å²) in [5.41, 5.74) is 32.9. The van der Waals surface area contributed by atoms with Crippen LogP contribution in [0.2, 0.25) is 20.1 Å². The fourth-order valence-electron chi connectivity index (χ4n) is 21.7. The van der Waals surface area contributed by atoms with Crippen molar-refractivity contribution in [1.82, 2.24) is 0 Å². The number of hydrogen-bond donors (Lipinski definition) is 10. The first kappa shape index (κ1) is 115. The van der Waals surface area contributed by atoms with Gasteiger partial charge in [-0.3, -0.25) is 0 Å². The molecule has 0 bridgehead atoms. The molecular weight excluding hydrogens is 1880 g/mol. The Morgan fingerprint density at radius 1 is 0.262 bits per heavy atom. The molecule has 0 saturated carbocycles. The zero-order chi connectivity index (χ0) is 107. The molecule has 0 fully saturated rings. The van der Waals surface area contributed by atoms with Crippen molar-refractivity contribution < 1.29 is 17.6 Å². The highest BCUT2D eigenvalue weighted by molar-refractivity contribution is 6.34. The van der Waals surface area contributed by atoms with E-state index in [4.69, 9.17) is 46.4 Å². The second kappa shape index (κ2) is 46.7. The zero-order valence-electron chi connectivity index (χ0n) is 89.7. The highest BCUT2D eigenvalue weighted by atomic mass is 35.5. The molecule has 10 atom stereocenters. The van der Waals surface area contributed by atoms with Crippen molar-refractivity contribution >= 4 is 103 Å². The van der Waals surface area contributed by atoms with E-state index in [2.05, 4.69) is 353 Å². The first-order valence-electron chi connectivity index (χ1n) is 50.6. The number of halogens is 8. The first-order valence-corrected chi connectivity index (χ1v) is 52.1. The van der Waals surface area contributed by atoms with E-state index in [1.807, 2.05) is 79.7 Å². The summed E-state index contributed by atoms with van der Waals surface area (Å²) in [6.07, 6.45) is 0. The molecular formula is C127H158Cl4F4N10. The highest BCUT2D eigenvalue weighted by Crippen LogP contribution is 2.56. The number of para-hydroxylation sites is 4. The van der Waals surface area contributed by atoms with Crippen molar-refractivity contribution in [3.8, 4) is 0 Å². The maximum atomic E-state index is 13.8. The summed E-state index contributed by atoms with van der Waals surface area (Å²) in [6.45, 7) is 96.9. The fraction of sp³-hybridized carbons (Fsp3) is 0.370. The van der Waals surface area contributed by atoms with E-state index in [1.54, 1.807) is 24.3 Å². The van der Waals surface area contributed by atoms with Crippen molar-refractivity contribution in [2.45, 2.75) is 244 Å². The minimum Gasteiger partial charge on any atom is -0.359 e. The Hall–Kier alpha value is -11.5. The van der Waals surface area contributed by atoms with E-state index in [0.717, 1.165) is 139 Å². The van der Waals surface area contributed by atoms with Gasteiger partial charge in [0.1, 0.15) is 23.3 Å². The van der Waals surface area contributed by atoms with E-state index in [1.165, 1.54) is 80.7 Å². The molecule has 0 amide bonds. The van der Waals surface area contributed by atoms with Gasteiger partial charge in [-0.1, -0.05) is 343 Å². The van der Waals surface area contributed by atoms with Gasteiger partial charge in [-0.25, -0.2) is 17.6 Å². The van der Waals surface area contributed by atoms with E-state index >= 15 is 0 Å². The van der Waals surface area contributed by atoms with Gasteiger partial charge in [-0.2, -0.15) is 0 Å². The van der Waals surface area contributed by atoms with Crippen LogP contribution < -0.4 is 53.2 Å². The van der Waals surface area contributed by atoms with Crippen LogP contribution in [0.25, 0.3) is 0 Å². The number of hydrogen-bond acceptors (Lipinski definition) is 10. The van der Waals surface area contributed by atoms with Gasteiger partial charge in [-0.05, 0) is 254 Å². The van der Waals surface area contributed by atoms with Gasteiger partial charge in [0.25, 0.3) is 0 Å². The van der Waals surface area contributed by atoms with Crippen LogP contribution >= 0.6 is 46.4 Å². The van der Waals surface area contributed by atoms with Gasteiger partial charge >= 0.3 is 0 Å². The zero-order valence-corrected chi connectivity index (χ0v) is 92.7. The van der Waals surface area contributed by atoms with Crippen LogP contribution in [0.15, 0.2) is 311 Å². The summed E-state index contributed by atoms with van der Waals surface area (Å²) in [5, 5.41) is 35.8. The van der Waals surface area contributed by atoms with Crippen LogP contribution in [-0.2, 0) is 27.1 Å². The highest BCUT2D eigenvalue weighted by Gasteiger charge is 2.47. The topological polar surface area (TPSA) is 120 Å². The van der Waals surface area contributed by atoms with Crippen molar-refractivity contribution in [2.75, 3.05) is 53.2 Å². The average Bonchev–Trinajstić information content (AvgIpc) is 1.60. The largest absolute Gasteiger partial charge is 0.359 e. The number of benzene rings is 10. The Bertz CT molecular complexity index is 6460. The smallest absolute Gasteiger partial charge is 0.146 e. The van der Waals surface area contributed by atoms with Gasteiger partial charge in [0.15, 0.2) is 0 Å². The molecule has 0 unspecified atom stereocenters. The number of aryl methyl sites for hydroxylation is 1. The van der Waals surface area contributed by atoms with Gasteiger partial charge in [0.2, 0.25) is 0 Å². The Labute approximate surface area is 886 Å². The van der Waals surface area contributed by atoms with Crippen molar-refractivity contribution in [3.63, 3.8) is 0 Å². The van der Waals surface area contributed by atoms with Crippen molar-refractivity contribution in [1.29, 1.82) is 0 Å². The molecule has 0 radical (unpaired) electrons. The fourth-order valence-corrected chi connectivity index (χ4v) is 22.6. The van der Waals surface area contributed by atoms with Crippen LogP contribution in [0.1, 0.15) is 271 Å². The van der Waals surface area contributed by atoms with Gasteiger partial charge < -0.3 is 53.2 Å². The Balaban J connectivity index is 0.000000165. The first-order chi connectivity index (χ1) is 67.4. The van der Waals surface area contributed by atoms with Crippen molar-refractivity contribution in [2.24, 2.45) is 59.2 Å². The Kier molecular flexibility index (Phi) is 37.2. The predicted molar refractivity (Wildman–Crippen MR) is 622 cm³/mol. The molecule has 10 N–H and O–H groups in total. The maximum absolute atomic E-state index is 13.8. The second-order valence-electron chi connectivity index (χ2n) is 43.8. The van der Waals surface area contributed by atoms with E-state index < -0.39 is 0 Å². The summed E-state index contributed by atoms with van der Waals surface area (Å²) < 4.78 is 53.7. The molecule has 145 heavy (non-hydrogen) atoms. The summed E-state index contributed by atoms with van der Waals surface area (Å²) in [6, 6.07) is 59.0. The molecule has 10 nitrogen and oxygen atoms in total. The molecule has 0 spiro atoms. The van der Waals surface area contributed by atoms with Crippen LogP contribution in [0.5, 0.6) is 0 Å². The molecule has 10 aromatic rings. The summed E-state index contributed by atoms with van der Waals surface area (Å²) in [4.78, 5) is 0. The third-order valence-corrected chi connectivity index (χ3v) is 32.9. The summed E-state index contributed by atoms with van der Waals surface area (Å²) >= 11 is 24.2. The Morgan fingerprint density at radius 2 is 0.628 bits per heavy atom. The normalized spacial score (nSPS) is 21.9. The summed E-state index contributed by atoms with van der Waals surface area (Å²) in [7, 11) is 0. The number of allylic oxidation sites excluding steroid dienone is 10. The average molecular weight is 2040 g/mol. The number of rotatable bonds is 10. The molecule has 10 heterocycles. The predicted octanol–water partition coefficient (Wildman–Crippen LogP) is 38.6. The van der Waals surface area contributed by atoms with Gasteiger partial charge in [0.05, 0.1) is 16.4 Å². The molecule has 10 aliphatic rings. The monoisotopic (exact) mass is 2040 g/mol. The lowest BCUT2D eigenvalue weighted by Gasteiger charge is -2.30. The minimum absolute atomic E-state index is 0. The molecule has 10 aromatic carbocycles. The summed E-state index contributed by atoms with van der Waals surface area (Å²) in [5.74, 6) is 6.19. The van der Waals surface area contributed by atoms with Crippen molar-refractivity contribution in [3.05, 3.63) is 415 Å². The molecule has 10 aliphatic heterocycles. The van der Waals surface area contributed by atoms with E-state index in [-0.39, 0.29) is 57.8 Å². The lowest BCUT2D eigenvalue weighted by Crippen LogP contribution is -2.29. The molecule has 20 rings (SSSR count). The van der Waals surface area contributed by atoms with Gasteiger partial charge in [0, 0.05) is 185 Å². The Morgan fingerprint density at radius 3 is 1.19 bits per heavy atom. The lowest BCUT2D eigenvalue weighted by atomic mass is 9.73. The standard InChI is InChI=1S/4C13H16FN.2C13H17N.4C12H14ClN.CH4/c1-8(2)13(4)9(3)15-12-6-5-10(14)7-11(12)13;1-8(2)13(4)9(3)15-12-7-10(14)5-6-11(12)13;1-8(2)13(4)9(3)15-11-7-5-6-10(14)12(11)13;1-8(2)13(4)9(3)15-12-10(13)6-5-7-11(12)14;1-9(2)13(4)10(3)14-12-8-6-5-7-11(12)13;1-8(2)12-10(4)14-13-9(3)6-5-7-11(12)13;1-7(2)12-8(3)14-11-5-4-9(13)6-10(11)12;1-7(2)12-8(3)14-11-6-9(13)4-5-10(11)12;1-7(2)11-8(3)14-10-6-4-5-9(13)12(10)11;1-7(2)11-8(3)14-12-9(11)5-4-6-10(12)13;/h4*5-8,15H,3H2,1-2,4H3;5-9,14H,3H2,1-2,4H3;5-8,12,14H,4H2,1-3H3;2*4-7,12,14H,3H2,1-2H3;2*4-7,11,14H,3H2,1-2H3;1H4/t5*13-;3*12-;2*11-;/m0000000000./s1. The maximum Gasteiger partial charge on any atom is 0.146 e. The molecule has 0 saturated heterocycles. The third-order valence-electron chi connectivity index (χ3n) is 31.8. The lowest BCUT2D eigenvalue weighted by molar-refractivity contribution is 0.396. The van der Waals surface area contributed by atoms with Gasteiger partial charge in [-0.15, -0.1) is 0 Å². The number of nitrogens with one attached hydrogen (secondary N) is 10. The second-order valence-corrected chi connectivity index (χ2v) is 45.5. The third kappa shape index (κ3) is 23.2. The van der Waals surface area contributed by atoms with E-state index in [0.29, 0.717) is 94.5 Å². The van der Waals surface area contributed by atoms with Crippen LogP contribution in [0.3, 0.4) is 0 Å².